The molecule has 3 aromatic rings. The second-order valence-electron chi connectivity index (χ2n) is 4.52. The highest BCUT2D eigenvalue weighted by Crippen LogP contribution is 2.33. The Hall–Kier alpha value is -1.93. The topological polar surface area (TPSA) is 40.9 Å². The molecule has 0 spiro atoms. The zero-order chi connectivity index (χ0) is 15.5. The van der Waals surface area contributed by atoms with Gasteiger partial charge in [-0.05, 0) is 29.3 Å². The van der Waals surface area contributed by atoms with Gasteiger partial charge in [-0.25, -0.2) is 4.21 Å². The fourth-order valence-electron chi connectivity index (χ4n) is 2.08. The van der Waals surface area contributed by atoms with Crippen LogP contribution in [0.4, 0.5) is 0 Å². The van der Waals surface area contributed by atoms with Crippen LogP contribution in [0, 0.1) is 11.3 Å². The zero-order valence-corrected chi connectivity index (χ0v) is 13.7. The van der Waals surface area contributed by atoms with E-state index in [4.69, 9.17) is 16.9 Å². The molecule has 0 amide bonds. The SMILES string of the molecule is N#Cc1cc(S(=O)c2cccc(-c3ccccc3)c2)c(Cl)s1. The molecular formula is C17H10ClNOS2. The lowest BCUT2D eigenvalue weighted by Crippen LogP contribution is -1.92. The molecule has 0 aliphatic rings. The van der Waals surface area contributed by atoms with Crippen molar-refractivity contribution < 1.29 is 4.21 Å². The van der Waals surface area contributed by atoms with E-state index in [0.717, 1.165) is 22.5 Å². The number of rotatable bonds is 3. The van der Waals surface area contributed by atoms with E-state index in [1.165, 1.54) is 0 Å². The largest absolute Gasteiger partial charge is 0.249 e. The van der Waals surface area contributed by atoms with E-state index in [1.807, 2.05) is 60.7 Å². The monoisotopic (exact) mass is 343 g/mol. The number of benzene rings is 2. The summed E-state index contributed by atoms with van der Waals surface area (Å²) in [5.74, 6) is 0. The summed E-state index contributed by atoms with van der Waals surface area (Å²) in [4.78, 5) is 1.63. The van der Waals surface area contributed by atoms with Crippen LogP contribution < -0.4 is 0 Å². The predicted molar refractivity (Wildman–Crippen MR) is 90.6 cm³/mol. The summed E-state index contributed by atoms with van der Waals surface area (Å²) in [6.45, 7) is 0. The molecule has 1 aromatic heterocycles. The van der Waals surface area contributed by atoms with E-state index in [-0.39, 0.29) is 0 Å². The van der Waals surface area contributed by atoms with E-state index in [2.05, 4.69) is 0 Å². The maximum atomic E-state index is 12.7. The summed E-state index contributed by atoms with van der Waals surface area (Å²) >= 11 is 7.25. The summed E-state index contributed by atoms with van der Waals surface area (Å²) in [5.41, 5.74) is 2.06. The first kappa shape index (κ1) is 15.0. The van der Waals surface area contributed by atoms with Gasteiger partial charge in [0.1, 0.15) is 15.3 Å². The standard InChI is InChI=1S/C17H10ClNOS2/c18-17-16(10-14(11-19)21-17)22(20)15-8-4-7-13(9-15)12-5-2-1-3-6-12/h1-10H. The second-order valence-corrected chi connectivity index (χ2v) is 7.63. The van der Waals surface area contributed by atoms with E-state index in [9.17, 15) is 4.21 Å². The lowest BCUT2D eigenvalue weighted by molar-refractivity contribution is 0.683. The van der Waals surface area contributed by atoms with Crippen molar-refractivity contribution in [3.63, 3.8) is 0 Å². The van der Waals surface area contributed by atoms with Crippen molar-refractivity contribution >= 4 is 33.7 Å². The van der Waals surface area contributed by atoms with Crippen LogP contribution in [-0.2, 0) is 10.8 Å². The van der Waals surface area contributed by atoms with Crippen molar-refractivity contribution in [2.75, 3.05) is 0 Å². The lowest BCUT2D eigenvalue weighted by atomic mass is 10.1. The van der Waals surface area contributed by atoms with Gasteiger partial charge in [0, 0.05) is 4.90 Å². The first-order valence-electron chi connectivity index (χ1n) is 6.46. The number of nitrogens with zero attached hydrogens (tertiary/aromatic N) is 1. The first-order chi connectivity index (χ1) is 10.7. The second kappa shape index (κ2) is 6.45. The molecule has 0 aliphatic carbocycles. The molecule has 0 N–H and O–H groups in total. The molecule has 0 bridgehead atoms. The van der Waals surface area contributed by atoms with Gasteiger partial charge >= 0.3 is 0 Å². The van der Waals surface area contributed by atoms with Crippen LogP contribution in [0.15, 0.2) is 70.5 Å². The highest BCUT2D eigenvalue weighted by Gasteiger charge is 2.15. The van der Waals surface area contributed by atoms with Crippen molar-refractivity contribution in [1.29, 1.82) is 5.26 Å². The molecule has 3 rings (SSSR count). The first-order valence-corrected chi connectivity index (χ1v) is 8.80. The molecule has 1 heterocycles. The van der Waals surface area contributed by atoms with Gasteiger partial charge < -0.3 is 0 Å². The highest BCUT2D eigenvalue weighted by molar-refractivity contribution is 7.85. The fourth-order valence-corrected chi connectivity index (χ4v) is 4.66. The number of thiophene rings is 1. The number of hydrogen-bond acceptors (Lipinski definition) is 3. The normalized spacial score (nSPS) is 11.8. The molecule has 2 nitrogen and oxygen atoms in total. The average molecular weight is 344 g/mol. The molecule has 1 atom stereocenters. The van der Waals surface area contributed by atoms with Gasteiger partial charge in [0.25, 0.3) is 0 Å². The van der Waals surface area contributed by atoms with Crippen molar-refractivity contribution in [3.8, 4) is 17.2 Å². The minimum Gasteiger partial charge on any atom is -0.249 e. The van der Waals surface area contributed by atoms with Crippen LogP contribution >= 0.6 is 22.9 Å². The van der Waals surface area contributed by atoms with Crippen molar-refractivity contribution in [2.24, 2.45) is 0 Å². The summed E-state index contributed by atoms with van der Waals surface area (Å²) < 4.78 is 13.1. The van der Waals surface area contributed by atoms with Crippen LogP contribution in [0.3, 0.4) is 0 Å². The van der Waals surface area contributed by atoms with Crippen molar-refractivity contribution in [2.45, 2.75) is 9.79 Å². The quantitative estimate of drug-likeness (QED) is 0.663. The Labute approximate surface area is 140 Å². The smallest absolute Gasteiger partial charge is 0.111 e. The Morgan fingerprint density at radius 1 is 1.00 bits per heavy atom. The van der Waals surface area contributed by atoms with Crippen LogP contribution in [0.5, 0.6) is 0 Å². The predicted octanol–water partition coefficient (Wildman–Crippen LogP) is 5.11. The van der Waals surface area contributed by atoms with Gasteiger partial charge in [0.15, 0.2) is 0 Å². The fraction of sp³-hybridized carbons (Fsp3) is 0. The lowest BCUT2D eigenvalue weighted by Gasteiger charge is -2.05. The number of nitriles is 1. The molecule has 5 heteroatoms. The maximum Gasteiger partial charge on any atom is 0.111 e. The zero-order valence-electron chi connectivity index (χ0n) is 11.3. The molecule has 1 unspecified atom stereocenters. The molecular weight excluding hydrogens is 334 g/mol. The summed E-state index contributed by atoms with van der Waals surface area (Å²) in [6, 6.07) is 21.1. The van der Waals surface area contributed by atoms with E-state index in [0.29, 0.717) is 19.0 Å². The van der Waals surface area contributed by atoms with Crippen LogP contribution in [0.2, 0.25) is 4.34 Å². The van der Waals surface area contributed by atoms with Gasteiger partial charge in [-0.15, -0.1) is 11.3 Å². The van der Waals surface area contributed by atoms with Crippen molar-refractivity contribution in [1.82, 2.24) is 0 Å². The van der Waals surface area contributed by atoms with Crippen LogP contribution in [0.25, 0.3) is 11.1 Å². The van der Waals surface area contributed by atoms with Crippen LogP contribution in [-0.4, -0.2) is 4.21 Å². The molecule has 108 valence electrons. The molecule has 0 radical (unpaired) electrons. The molecule has 0 saturated carbocycles. The Balaban J connectivity index is 2.00. The summed E-state index contributed by atoms with van der Waals surface area (Å²) in [6.07, 6.45) is 0. The molecule has 0 saturated heterocycles. The van der Waals surface area contributed by atoms with Gasteiger partial charge in [0.05, 0.1) is 15.7 Å². The Kier molecular flexibility index (Phi) is 4.39. The van der Waals surface area contributed by atoms with Crippen LogP contribution in [0.1, 0.15) is 4.88 Å². The molecule has 22 heavy (non-hydrogen) atoms. The number of hydrogen-bond donors (Lipinski definition) is 0. The highest BCUT2D eigenvalue weighted by atomic mass is 35.5. The Morgan fingerprint density at radius 2 is 1.73 bits per heavy atom. The van der Waals surface area contributed by atoms with Gasteiger partial charge in [0.2, 0.25) is 0 Å². The maximum absolute atomic E-state index is 12.7. The van der Waals surface area contributed by atoms with Gasteiger partial charge in [-0.1, -0.05) is 54.1 Å². The van der Waals surface area contributed by atoms with Gasteiger partial charge in [-0.3, -0.25) is 0 Å². The van der Waals surface area contributed by atoms with E-state index in [1.54, 1.807) is 6.07 Å². The summed E-state index contributed by atoms with van der Waals surface area (Å²) in [5, 5.41) is 8.92. The summed E-state index contributed by atoms with van der Waals surface area (Å²) in [7, 11) is -1.40. The minimum atomic E-state index is -1.40. The van der Waals surface area contributed by atoms with E-state index < -0.39 is 10.8 Å². The molecule has 2 aromatic carbocycles. The van der Waals surface area contributed by atoms with Gasteiger partial charge in [-0.2, -0.15) is 5.26 Å². The third kappa shape index (κ3) is 2.97. The molecule has 0 aliphatic heterocycles. The Bertz CT molecular complexity index is 881. The Morgan fingerprint density at radius 3 is 2.41 bits per heavy atom. The van der Waals surface area contributed by atoms with E-state index >= 15 is 0 Å². The third-order valence-corrected chi connectivity index (χ3v) is 6.03. The minimum absolute atomic E-state index is 0.403. The average Bonchev–Trinajstić information content (AvgIpc) is 2.96. The van der Waals surface area contributed by atoms with Crippen molar-refractivity contribution in [3.05, 3.63) is 69.9 Å². The molecule has 0 fully saturated rings. The third-order valence-electron chi connectivity index (χ3n) is 3.12. The number of halogens is 1.